The average Bonchev–Trinajstić information content (AvgIpc) is 2.85. The number of aliphatic hydroxyl groups excluding tert-OH is 1. The standard InChI is InChI=1S/C15H23ClN2OS/c1-2-18-15(11-19)8-3-5-12(15)7-10-20-14-13(16)6-4-9-17-14/h4,6,9,12,18-19H,2-3,5,7-8,10-11H2,1H3. The predicted molar refractivity (Wildman–Crippen MR) is 85.4 cm³/mol. The van der Waals surface area contributed by atoms with E-state index in [0.29, 0.717) is 5.92 Å². The summed E-state index contributed by atoms with van der Waals surface area (Å²) in [4.78, 5) is 4.30. The van der Waals surface area contributed by atoms with Gasteiger partial charge in [-0.3, -0.25) is 0 Å². The molecule has 0 amide bonds. The number of pyridine rings is 1. The number of thioether (sulfide) groups is 1. The van der Waals surface area contributed by atoms with Crippen molar-refractivity contribution in [2.75, 3.05) is 18.9 Å². The van der Waals surface area contributed by atoms with E-state index in [0.717, 1.165) is 35.2 Å². The summed E-state index contributed by atoms with van der Waals surface area (Å²) in [5.41, 5.74) is -0.0662. The maximum absolute atomic E-state index is 9.78. The van der Waals surface area contributed by atoms with Crippen molar-refractivity contribution < 1.29 is 5.11 Å². The van der Waals surface area contributed by atoms with E-state index in [1.165, 1.54) is 12.8 Å². The molecule has 2 N–H and O–H groups in total. The minimum Gasteiger partial charge on any atom is -0.394 e. The van der Waals surface area contributed by atoms with Gasteiger partial charge in [0.15, 0.2) is 0 Å². The zero-order valence-corrected chi connectivity index (χ0v) is 13.5. The highest BCUT2D eigenvalue weighted by atomic mass is 35.5. The molecular formula is C15H23ClN2OS. The lowest BCUT2D eigenvalue weighted by Gasteiger charge is -2.34. The van der Waals surface area contributed by atoms with Crippen LogP contribution in [0.2, 0.25) is 5.02 Å². The highest BCUT2D eigenvalue weighted by Crippen LogP contribution is 2.39. The van der Waals surface area contributed by atoms with Crippen LogP contribution in [0.1, 0.15) is 32.6 Å². The molecule has 1 aromatic rings. The van der Waals surface area contributed by atoms with Crippen LogP contribution in [0.5, 0.6) is 0 Å². The smallest absolute Gasteiger partial charge is 0.115 e. The number of hydrogen-bond acceptors (Lipinski definition) is 4. The van der Waals surface area contributed by atoms with Gasteiger partial charge < -0.3 is 10.4 Å². The van der Waals surface area contributed by atoms with Crippen molar-refractivity contribution in [3.8, 4) is 0 Å². The van der Waals surface area contributed by atoms with Crippen LogP contribution in [-0.2, 0) is 0 Å². The van der Waals surface area contributed by atoms with Crippen LogP contribution >= 0.6 is 23.4 Å². The topological polar surface area (TPSA) is 45.1 Å². The van der Waals surface area contributed by atoms with Gasteiger partial charge in [0.2, 0.25) is 0 Å². The molecule has 0 bridgehead atoms. The normalized spacial score (nSPS) is 26.1. The zero-order valence-electron chi connectivity index (χ0n) is 11.9. The van der Waals surface area contributed by atoms with Gasteiger partial charge in [-0.1, -0.05) is 24.9 Å². The number of nitrogens with zero attached hydrogens (tertiary/aromatic N) is 1. The van der Waals surface area contributed by atoms with Gasteiger partial charge in [0, 0.05) is 11.7 Å². The Morgan fingerprint density at radius 2 is 2.45 bits per heavy atom. The quantitative estimate of drug-likeness (QED) is 0.758. The van der Waals surface area contributed by atoms with E-state index in [9.17, 15) is 5.11 Å². The van der Waals surface area contributed by atoms with Crippen molar-refractivity contribution in [1.29, 1.82) is 0 Å². The molecule has 1 heterocycles. The average molecular weight is 315 g/mol. The monoisotopic (exact) mass is 314 g/mol. The van der Waals surface area contributed by atoms with Crippen LogP contribution in [0.3, 0.4) is 0 Å². The Morgan fingerprint density at radius 3 is 3.15 bits per heavy atom. The van der Waals surface area contributed by atoms with E-state index in [1.54, 1.807) is 18.0 Å². The van der Waals surface area contributed by atoms with E-state index >= 15 is 0 Å². The third kappa shape index (κ3) is 3.67. The van der Waals surface area contributed by atoms with Crippen LogP contribution in [0.15, 0.2) is 23.4 Å². The molecule has 0 radical (unpaired) electrons. The molecule has 2 atom stereocenters. The number of hydrogen-bond donors (Lipinski definition) is 2. The molecular weight excluding hydrogens is 292 g/mol. The second-order valence-corrected chi connectivity index (χ2v) is 6.85. The molecule has 112 valence electrons. The van der Waals surface area contributed by atoms with Crippen molar-refractivity contribution >= 4 is 23.4 Å². The summed E-state index contributed by atoms with van der Waals surface area (Å²) in [5, 5.41) is 14.9. The molecule has 20 heavy (non-hydrogen) atoms. The second kappa shape index (κ2) is 7.64. The Labute approximate surface area is 130 Å². The Morgan fingerprint density at radius 1 is 1.60 bits per heavy atom. The summed E-state index contributed by atoms with van der Waals surface area (Å²) in [6.45, 7) is 3.26. The summed E-state index contributed by atoms with van der Waals surface area (Å²) in [5.74, 6) is 1.54. The second-order valence-electron chi connectivity index (χ2n) is 5.36. The van der Waals surface area contributed by atoms with E-state index in [-0.39, 0.29) is 12.1 Å². The highest BCUT2D eigenvalue weighted by molar-refractivity contribution is 7.99. The van der Waals surface area contributed by atoms with E-state index in [4.69, 9.17) is 11.6 Å². The first-order valence-corrected chi connectivity index (χ1v) is 8.67. The molecule has 1 aliphatic carbocycles. The van der Waals surface area contributed by atoms with Gasteiger partial charge in [-0.15, -0.1) is 11.8 Å². The predicted octanol–water partition coefficient (Wildman–Crippen LogP) is 3.36. The van der Waals surface area contributed by atoms with Crippen LogP contribution in [0.25, 0.3) is 0 Å². The van der Waals surface area contributed by atoms with Gasteiger partial charge in [-0.2, -0.15) is 0 Å². The molecule has 1 aromatic heterocycles. The molecule has 1 fully saturated rings. The molecule has 0 aliphatic heterocycles. The molecule has 0 spiro atoms. The van der Waals surface area contributed by atoms with E-state index in [1.807, 2.05) is 12.1 Å². The fourth-order valence-electron chi connectivity index (χ4n) is 3.19. The van der Waals surface area contributed by atoms with E-state index in [2.05, 4.69) is 17.2 Å². The molecule has 2 rings (SSSR count). The number of rotatable bonds is 7. The summed E-state index contributed by atoms with van der Waals surface area (Å²) >= 11 is 7.83. The SMILES string of the molecule is CCNC1(CO)CCCC1CCSc1ncccc1Cl. The van der Waals surface area contributed by atoms with Crippen LogP contribution in [-0.4, -0.2) is 34.5 Å². The van der Waals surface area contributed by atoms with Crippen LogP contribution < -0.4 is 5.32 Å². The number of aliphatic hydroxyl groups is 1. The molecule has 5 heteroatoms. The van der Waals surface area contributed by atoms with E-state index < -0.39 is 0 Å². The van der Waals surface area contributed by atoms with Gasteiger partial charge >= 0.3 is 0 Å². The molecule has 1 aliphatic rings. The zero-order chi connectivity index (χ0) is 14.4. The molecule has 1 saturated carbocycles. The van der Waals surface area contributed by atoms with Crippen LogP contribution in [0, 0.1) is 5.92 Å². The summed E-state index contributed by atoms with van der Waals surface area (Å²) in [7, 11) is 0. The number of nitrogens with one attached hydrogen (secondary N) is 1. The molecule has 2 unspecified atom stereocenters. The Kier molecular flexibility index (Phi) is 6.15. The van der Waals surface area contributed by atoms with Crippen LogP contribution in [0.4, 0.5) is 0 Å². The number of likely N-dealkylation sites (N-methyl/N-ethyl adjacent to an activating group) is 1. The minimum absolute atomic E-state index is 0.0662. The van der Waals surface area contributed by atoms with Crippen molar-refractivity contribution in [1.82, 2.24) is 10.3 Å². The first-order chi connectivity index (χ1) is 9.72. The number of halogens is 1. The first kappa shape index (κ1) is 16.1. The minimum atomic E-state index is -0.0662. The maximum Gasteiger partial charge on any atom is 0.115 e. The summed E-state index contributed by atoms with van der Waals surface area (Å²) < 4.78 is 0. The lowest BCUT2D eigenvalue weighted by Crippen LogP contribution is -2.51. The fraction of sp³-hybridized carbons (Fsp3) is 0.667. The third-order valence-electron chi connectivity index (χ3n) is 4.20. The van der Waals surface area contributed by atoms with Gasteiger partial charge in [0.1, 0.15) is 5.03 Å². The van der Waals surface area contributed by atoms with Gasteiger partial charge in [0.25, 0.3) is 0 Å². The van der Waals surface area contributed by atoms with Crippen molar-refractivity contribution in [3.63, 3.8) is 0 Å². The third-order valence-corrected chi connectivity index (χ3v) is 5.65. The Balaban J connectivity index is 1.88. The van der Waals surface area contributed by atoms with Gasteiger partial charge in [0.05, 0.1) is 11.6 Å². The molecule has 0 aromatic carbocycles. The molecule has 3 nitrogen and oxygen atoms in total. The van der Waals surface area contributed by atoms with Crippen molar-refractivity contribution in [2.24, 2.45) is 5.92 Å². The highest BCUT2D eigenvalue weighted by Gasteiger charge is 2.41. The van der Waals surface area contributed by atoms with Crippen molar-refractivity contribution in [2.45, 2.75) is 43.2 Å². The number of aromatic nitrogens is 1. The fourth-order valence-corrected chi connectivity index (χ4v) is 4.41. The summed E-state index contributed by atoms with van der Waals surface area (Å²) in [6, 6.07) is 3.73. The summed E-state index contributed by atoms with van der Waals surface area (Å²) in [6.07, 6.45) is 6.35. The Hall–Kier alpha value is -0.290. The lowest BCUT2D eigenvalue weighted by molar-refractivity contribution is 0.124. The van der Waals surface area contributed by atoms with Gasteiger partial charge in [-0.05, 0) is 49.6 Å². The lowest BCUT2D eigenvalue weighted by atomic mass is 9.86. The largest absolute Gasteiger partial charge is 0.394 e. The Bertz CT molecular complexity index is 432. The maximum atomic E-state index is 9.78. The first-order valence-electron chi connectivity index (χ1n) is 7.31. The molecule has 0 saturated heterocycles. The van der Waals surface area contributed by atoms with Crippen molar-refractivity contribution in [3.05, 3.63) is 23.4 Å². The van der Waals surface area contributed by atoms with Gasteiger partial charge in [-0.25, -0.2) is 4.98 Å².